The van der Waals surface area contributed by atoms with Crippen LogP contribution in [0.2, 0.25) is 0 Å². The van der Waals surface area contributed by atoms with Crippen LogP contribution in [0.25, 0.3) is 10.9 Å². The molecule has 0 amide bonds. The van der Waals surface area contributed by atoms with Crippen molar-refractivity contribution >= 4 is 22.7 Å². The van der Waals surface area contributed by atoms with Gasteiger partial charge in [-0.15, -0.1) is 0 Å². The molecule has 3 nitrogen and oxygen atoms in total. The Balaban J connectivity index is 1.74. The van der Waals surface area contributed by atoms with Crippen molar-refractivity contribution in [3.63, 3.8) is 0 Å². The molecular formula is C22H15F3N2OS. The maximum absolute atomic E-state index is 13.5. The Labute approximate surface area is 168 Å². The van der Waals surface area contributed by atoms with Gasteiger partial charge in [-0.1, -0.05) is 36.0 Å². The van der Waals surface area contributed by atoms with E-state index in [4.69, 9.17) is 0 Å². The standard InChI is InChI=1S/C22H15F3N2OS/c23-16-7-5-14(6-8-16)12-27-21(28)19-3-1-2-4-20(19)26-22(27)29-13-15-9-17(24)11-18(25)10-15/h1-11H,12-13H2. The minimum atomic E-state index is -0.657. The van der Waals surface area contributed by atoms with Gasteiger partial charge >= 0.3 is 0 Å². The fourth-order valence-corrected chi connectivity index (χ4v) is 3.94. The smallest absolute Gasteiger partial charge is 0.262 e. The molecule has 0 aliphatic heterocycles. The van der Waals surface area contributed by atoms with Crippen LogP contribution in [0.4, 0.5) is 13.2 Å². The third-order valence-electron chi connectivity index (χ3n) is 4.37. The van der Waals surface area contributed by atoms with E-state index in [0.717, 1.165) is 11.6 Å². The third kappa shape index (κ3) is 4.35. The van der Waals surface area contributed by atoms with Crippen molar-refractivity contribution in [3.05, 3.63) is 106 Å². The zero-order valence-corrected chi connectivity index (χ0v) is 15.9. The minimum absolute atomic E-state index is 0.205. The summed E-state index contributed by atoms with van der Waals surface area (Å²) in [6.45, 7) is 0.205. The highest BCUT2D eigenvalue weighted by molar-refractivity contribution is 7.98. The predicted molar refractivity (Wildman–Crippen MR) is 107 cm³/mol. The van der Waals surface area contributed by atoms with Crippen molar-refractivity contribution < 1.29 is 13.2 Å². The number of aromatic nitrogens is 2. The number of rotatable bonds is 5. The molecule has 0 aliphatic carbocycles. The lowest BCUT2D eigenvalue weighted by Gasteiger charge is -2.13. The maximum atomic E-state index is 13.5. The van der Waals surface area contributed by atoms with Crippen LogP contribution in [-0.2, 0) is 12.3 Å². The molecule has 0 atom stereocenters. The van der Waals surface area contributed by atoms with E-state index in [1.165, 1.54) is 40.6 Å². The van der Waals surface area contributed by atoms with Crippen molar-refractivity contribution in [2.45, 2.75) is 17.5 Å². The second kappa shape index (κ2) is 8.13. The van der Waals surface area contributed by atoms with Crippen LogP contribution < -0.4 is 5.56 Å². The molecule has 0 saturated carbocycles. The predicted octanol–water partition coefficient (Wildman–Crippen LogP) is 5.15. The van der Waals surface area contributed by atoms with Gasteiger partial charge in [0.1, 0.15) is 17.5 Å². The molecule has 7 heteroatoms. The number of para-hydroxylation sites is 1. The van der Waals surface area contributed by atoms with Crippen LogP contribution in [0.1, 0.15) is 11.1 Å². The second-order valence-electron chi connectivity index (χ2n) is 6.50. The van der Waals surface area contributed by atoms with Gasteiger partial charge in [-0.3, -0.25) is 9.36 Å². The SMILES string of the molecule is O=c1c2ccccc2nc(SCc2cc(F)cc(F)c2)n1Cc1ccc(F)cc1. The highest BCUT2D eigenvalue weighted by atomic mass is 32.2. The molecule has 0 fully saturated rings. The van der Waals surface area contributed by atoms with Gasteiger partial charge in [0.15, 0.2) is 5.16 Å². The summed E-state index contributed by atoms with van der Waals surface area (Å²) in [7, 11) is 0. The normalized spacial score (nSPS) is 11.1. The second-order valence-corrected chi connectivity index (χ2v) is 7.44. The van der Waals surface area contributed by atoms with E-state index >= 15 is 0 Å². The zero-order chi connectivity index (χ0) is 20.4. The Morgan fingerprint density at radius 2 is 1.52 bits per heavy atom. The molecule has 0 saturated heterocycles. The Hall–Kier alpha value is -3.06. The number of fused-ring (bicyclic) bond motifs is 1. The van der Waals surface area contributed by atoms with Crippen molar-refractivity contribution in [2.75, 3.05) is 0 Å². The van der Waals surface area contributed by atoms with Crippen LogP contribution >= 0.6 is 11.8 Å². The van der Waals surface area contributed by atoms with Gasteiger partial charge < -0.3 is 0 Å². The molecule has 1 aromatic heterocycles. The summed E-state index contributed by atoms with van der Waals surface area (Å²) in [5.74, 6) is -1.44. The average molecular weight is 412 g/mol. The number of hydrogen-bond acceptors (Lipinski definition) is 3. The summed E-state index contributed by atoms with van der Waals surface area (Å²) >= 11 is 1.21. The lowest BCUT2D eigenvalue weighted by molar-refractivity contribution is 0.581. The number of hydrogen-bond donors (Lipinski definition) is 0. The van der Waals surface area contributed by atoms with E-state index in [1.807, 2.05) is 0 Å². The molecule has 4 aromatic rings. The summed E-state index contributed by atoms with van der Waals surface area (Å²) in [5.41, 5.74) is 1.50. The van der Waals surface area contributed by atoms with E-state index in [1.54, 1.807) is 36.4 Å². The molecule has 0 radical (unpaired) electrons. The Morgan fingerprint density at radius 3 is 2.24 bits per heavy atom. The first-order valence-electron chi connectivity index (χ1n) is 8.81. The molecule has 1 heterocycles. The van der Waals surface area contributed by atoms with Gasteiger partial charge in [0.25, 0.3) is 5.56 Å². The number of nitrogens with zero attached hydrogens (tertiary/aromatic N) is 2. The van der Waals surface area contributed by atoms with E-state index in [0.29, 0.717) is 21.6 Å². The summed E-state index contributed by atoms with van der Waals surface area (Å²) in [6, 6.07) is 16.2. The minimum Gasteiger partial charge on any atom is -0.283 e. The Morgan fingerprint density at radius 1 is 0.828 bits per heavy atom. The van der Waals surface area contributed by atoms with E-state index in [2.05, 4.69) is 4.98 Å². The number of thioether (sulfide) groups is 1. The van der Waals surface area contributed by atoms with Gasteiger partial charge in [-0.05, 0) is 47.5 Å². The highest BCUT2D eigenvalue weighted by Gasteiger charge is 2.13. The van der Waals surface area contributed by atoms with Crippen LogP contribution in [0.3, 0.4) is 0 Å². The zero-order valence-electron chi connectivity index (χ0n) is 15.1. The van der Waals surface area contributed by atoms with Crippen LogP contribution in [0.15, 0.2) is 76.7 Å². The van der Waals surface area contributed by atoms with Crippen LogP contribution in [0, 0.1) is 17.5 Å². The lowest BCUT2D eigenvalue weighted by atomic mass is 10.2. The van der Waals surface area contributed by atoms with E-state index in [9.17, 15) is 18.0 Å². The molecule has 0 aliphatic rings. The summed E-state index contributed by atoms with van der Waals surface area (Å²) < 4.78 is 41.7. The summed E-state index contributed by atoms with van der Waals surface area (Å²) in [6.07, 6.45) is 0. The number of benzene rings is 3. The van der Waals surface area contributed by atoms with Gasteiger partial charge in [-0.2, -0.15) is 0 Å². The maximum Gasteiger partial charge on any atom is 0.262 e. The average Bonchev–Trinajstić information content (AvgIpc) is 2.70. The molecule has 4 rings (SSSR count). The summed E-state index contributed by atoms with van der Waals surface area (Å²) in [5, 5.41) is 0.887. The lowest BCUT2D eigenvalue weighted by Crippen LogP contribution is -2.24. The number of halogens is 3. The molecule has 0 bridgehead atoms. The third-order valence-corrected chi connectivity index (χ3v) is 5.42. The molecule has 0 spiro atoms. The van der Waals surface area contributed by atoms with Gasteiger partial charge in [0, 0.05) is 11.8 Å². The fourth-order valence-electron chi connectivity index (χ4n) is 3.01. The largest absolute Gasteiger partial charge is 0.283 e. The van der Waals surface area contributed by atoms with Gasteiger partial charge in [0.05, 0.1) is 17.4 Å². The van der Waals surface area contributed by atoms with Crippen molar-refractivity contribution in [1.29, 1.82) is 0 Å². The summed E-state index contributed by atoms with van der Waals surface area (Å²) in [4.78, 5) is 17.6. The topological polar surface area (TPSA) is 34.9 Å². The Kier molecular flexibility index (Phi) is 5.40. The van der Waals surface area contributed by atoms with Gasteiger partial charge in [0.2, 0.25) is 0 Å². The first-order valence-corrected chi connectivity index (χ1v) is 9.80. The monoisotopic (exact) mass is 412 g/mol. The highest BCUT2D eigenvalue weighted by Crippen LogP contribution is 2.24. The van der Waals surface area contributed by atoms with Crippen LogP contribution in [-0.4, -0.2) is 9.55 Å². The molecule has 0 N–H and O–H groups in total. The van der Waals surface area contributed by atoms with Crippen molar-refractivity contribution in [3.8, 4) is 0 Å². The molecule has 3 aromatic carbocycles. The van der Waals surface area contributed by atoms with E-state index < -0.39 is 11.6 Å². The first-order chi connectivity index (χ1) is 14.0. The molecular weight excluding hydrogens is 397 g/mol. The molecule has 0 unspecified atom stereocenters. The first kappa shape index (κ1) is 19.3. The van der Waals surface area contributed by atoms with E-state index in [-0.39, 0.29) is 23.7 Å². The quantitative estimate of drug-likeness (QED) is 0.336. The van der Waals surface area contributed by atoms with Gasteiger partial charge in [-0.25, -0.2) is 18.2 Å². The Bertz CT molecular complexity index is 1220. The van der Waals surface area contributed by atoms with Crippen molar-refractivity contribution in [1.82, 2.24) is 9.55 Å². The molecule has 146 valence electrons. The van der Waals surface area contributed by atoms with Crippen LogP contribution in [0.5, 0.6) is 0 Å². The fraction of sp³-hybridized carbons (Fsp3) is 0.0909. The molecule has 29 heavy (non-hydrogen) atoms. The van der Waals surface area contributed by atoms with Crippen molar-refractivity contribution in [2.24, 2.45) is 0 Å².